The van der Waals surface area contributed by atoms with Gasteiger partial charge in [0.05, 0.1) is 5.41 Å². The van der Waals surface area contributed by atoms with Crippen LogP contribution < -0.4 is 15.8 Å². The minimum absolute atomic E-state index is 0.0240. The van der Waals surface area contributed by atoms with E-state index in [0.717, 1.165) is 0 Å². The molecule has 1 aromatic rings. The number of imide groups is 1. The van der Waals surface area contributed by atoms with Crippen molar-refractivity contribution in [2.45, 2.75) is 25.2 Å². The number of pyridine rings is 1. The van der Waals surface area contributed by atoms with Crippen molar-refractivity contribution in [2.75, 3.05) is 0 Å². The van der Waals surface area contributed by atoms with Gasteiger partial charge in [0.25, 0.3) is 0 Å². The number of piperidine rings is 1. The molecule has 0 aromatic carbocycles. The van der Waals surface area contributed by atoms with Crippen molar-refractivity contribution in [1.82, 2.24) is 10.3 Å². The minimum Gasteiger partial charge on any atom is -0.391 e. The number of carbonyl (C=O) groups is 3. The Labute approximate surface area is 109 Å². The highest BCUT2D eigenvalue weighted by molar-refractivity contribution is 6.03. The number of nitrogens with two attached hydrogens (primary N) is 1. The van der Waals surface area contributed by atoms with Crippen LogP contribution in [-0.4, -0.2) is 22.9 Å². The fourth-order valence-corrected chi connectivity index (χ4v) is 1.99. The zero-order chi connectivity index (χ0) is 14.0. The summed E-state index contributed by atoms with van der Waals surface area (Å²) in [6, 6.07) is 3.11. The normalized spacial score (nSPS) is 22.8. The van der Waals surface area contributed by atoms with E-state index in [1.807, 2.05) is 0 Å². The highest BCUT2D eigenvalue weighted by atomic mass is 16.6. The third kappa shape index (κ3) is 2.54. The van der Waals surface area contributed by atoms with E-state index in [-0.39, 0.29) is 24.1 Å². The molecule has 2 rings (SSSR count). The number of ether oxygens (including phenoxy) is 1. The molecule has 1 fully saturated rings. The van der Waals surface area contributed by atoms with Gasteiger partial charge in [-0.3, -0.25) is 14.9 Å². The molecule has 3 amide bonds. The van der Waals surface area contributed by atoms with Gasteiger partial charge in [0, 0.05) is 18.7 Å². The summed E-state index contributed by atoms with van der Waals surface area (Å²) in [7, 11) is 0. The number of carbonyl (C=O) groups excluding carboxylic acids is 3. The van der Waals surface area contributed by atoms with E-state index in [1.165, 1.54) is 12.3 Å². The van der Waals surface area contributed by atoms with E-state index in [1.54, 1.807) is 13.0 Å². The first-order valence-corrected chi connectivity index (χ1v) is 5.70. The first kappa shape index (κ1) is 13.0. The number of hydrogen-bond donors (Lipinski definition) is 2. The standard InChI is InChI=1S/C12H13N3O4/c1-12(4-2-8(16)15-10(12)17)7-3-5-14-9(6-7)19-11(13)18/h3,5-6H,2,4H2,1H3,(H2,13,18)(H,15,16,17). The molecule has 1 unspecified atom stereocenters. The lowest BCUT2D eigenvalue weighted by Gasteiger charge is -2.31. The number of aromatic nitrogens is 1. The number of primary amides is 1. The van der Waals surface area contributed by atoms with Gasteiger partial charge >= 0.3 is 6.09 Å². The second kappa shape index (κ2) is 4.68. The Hall–Kier alpha value is -2.44. The fraction of sp³-hybridized carbons (Fsp3) is 0.333. The van der Waals surface area contributed by atoms with Crippen LogP contribution in [0.4, 0.5) is 4.79 Å². The van der Waals surface area contributed by atoms with Crippen LogP contribution in [0.5, 0.6) is 5.88 Å². The zero-order valence-corrected chi connectivity index (χ0v) is 10.3. The van der Waals surface area contributed by atoms with E-state index in [4.69, 9.17) is 5.73 Å². The molecule has 1 aromatic heterocycles. The van der Waals surface area contributed by atoms with Gasteiger partial charge in [-0.15, -0.1) is 0 Å². The third-order valence-electron chi connectivity index (χ3n) is 3.18. The van der Waals surface area contributed by atoms with Gasteiger partial charge in [-0.1, -0.05) is 0 Å². The molecular weight excluding hydrogens is 250 g/mol. The minimum atomic E-state index is -0.974. The first-order chi connectivity index (χ1) is 8.91. The van der Waals surface area contributed by atoms with Gasteiger partial charge in [0.2, 0.25) is 17.7 Å². The Bertz CT molecular complexity index is 558. The van der Waals surface area contributed by atoms with Crippen LogP contribution in [0.1, 0.15) is 25.3 Å². The molecule has 1 saturated heterocycles. The lowest BCUT2D eigenvalue weighted by Crippen LogP contribution is -2.49. The van der Waals surface area contributed by atoms with Gasteiger partial charge in [0.15, 0.2) is 0 Å². The van der Waals surface area contributed by atoms with Gasteiger partial charge in [-0.2, -0.15) is 0 Å². The van der Waals surface area contributed by atoms with Crippen molar-refractivity contribution in [1.29, 1.82) is 0 Å². The Morgan fingerprint density at radius 3 is 2.89 bits per heavy atom. The van der Waals surface area contributed by atoms with Crippen LogP contribution in [0.2, 0.25) is 0 Å². The van der Waals surface area contributed by atoms with Crippen molar-refractivity contribution in [3.8, 4) is 5.88 Å². The van der Waals surface area contributed by atoms with Crippen LogP contribution in [0, 0.1) is 0 Å². The number of amides is 3. The van der Waals surface area contributed by atoms with Crippen LogP contribution in [0.25, 0.3) is 0 Å². The maximum absolute atomic E-state index is 12.0. The van der Waals surface area contributed by atoms with Crippen molar-refractivity contribution >= 4 is 17.9 Å². The lowest BCUT2D eigenvalue weighted by molar-refractivity contribution is -0.137. The predicted molar refractivity (Wildman–Crippen MR) is 64.2 cm³/mol. The highest BCUT2D eigenvalue weighted by Gasteiger charge is 2.40. The molecule has 100 valence electrons. The molecule has 0 bridgehead atoms. The van der Waals surface area contributed by atoms with Crippen LogP contribution in [0.3, 0.4) is 0 Å². The van der Waals surface area contributed by atoms with Gasteiger partial charge in [0.1, 0.15) is 0 Å². The highest BCUT2D eigenvalue weighted by Crippen LogP contribution is 2.33. The molecule has 0 aliphatic carbocycles. The zero-order valence-electron chi connectivity index (χ0n) is 10.3. The Morgan fingerprint density at radius 1 is 1.53 bits per heavy atom. The molecule has 1 aliphatic rings. The van der Waals surface area contributed by atoms with Gasteiger partial charge < -0.3 is 10.5 Å². The average molecular weight is 263 g/mol. The van der Waals surface area contributed by atoms with Crippen LogP contribution >= 0.6 is 0 Å². The van der Waals surface area contributed by atoms with E-state index in [2.05, 4.69) is 15.0 Å². The fourth-order valence-electron chi connectivity index (χ4n) is 1.99. The monoisotopic (exact) mass is 263 g/mol. The summed E-state index contributed by atoms with van der Waals surface area (Å²) in [4.78, 5) is 37.7. The number of nitrogens with one attached hydrogen (secondary N) is 1. The largest absolute Gasteiger partial charge is 0.411 e. The molecule has 19 heavy (non-hydrogen) atoms. The molecule has 0 radical (unpaired) electrons. The molecular formula is C12H13N3O4. The third-order valence-corrected chi connectivity index (χ3v) is 3.18. The second-order valence-corrected chi connectivity index (χ2v) is 4.51. The maximum Gasteiger partial charge on any atom is 0.411 e. The van der Waals surface area contributed by atoms with E-state index in [9.17, 15) is 14.4 Å². The molecule has 3 N–H and O–H groups in total. The van der Waals surface area contributed by atoms with Crippen molar-refractivity contribution in [2.24, 2.45) is 5.73 Å². The molecule has 0 saturated carbocycles. The molecule has 7 nitrogen and oxygen atoms in total. The van der Waals surface area contributed by atoms with E-state index < -0.39 is 11.5 Å². The Morgan fingerprint density at radius 2 is 2.26 bits per heavy atom. The topological polar surface area (TPSA) is 111 Å². The van der Waals surface area contributed by atoms with E-state index >= 15 is 0 Å². The summed E-state index contributed by atoms with van der Waals surface area (Å²) in [5.41, 5.74) is 4.67. The molecule has 1 atom stereocenters. The van der Waals surface area contributed by atoms with Gasteiger partial charge in [-0.25, -0.2) is 9.78 Å². The maximum atomic E-state index is 12.0. The Kier molecular flexibility index (Phi) is 3.20. The number of rotatable bonds is 2. The number of nitrogens with zero attached hydrogens (tertiary/aromatic N) is 1. The van der Waals surface area contributed by atoms with Crippen molar-refractivity contribution in [3.05, 3.63) is 23.9 Å². The SMILES string of the molecule is CC1(c2ccnc(OC(N)=O)c2)CCC(=O)NC1=O. The summed E-state index contributed by atoms with van der Waals surface area (Å²) in [6.07, 6.45) is 1.09. The Balaban J connectivity index is 2.32. The summed E-state index contributed by atoms with van der Waals surface area (Å²) in [5, 5.41) is 2.30. The molecule has 0 spiro atoms. The molecule has 2 heterocycles. The summed E-state index contributed by atoms with van der Waals surface area (Å²) >= 11 is 0. The summed E-state index contributed by atoms with van der Waals surface area (Å²) in [6.45, 7) is 1.72. The second-order valence-electron chi connectivity index (χ2n) is 4.51. The first-order valence-electron chi connectivity index (χ1n) is 5.70. The van der Waals surface area contributed by atoms with Crippen LogP contribution in [0.15, 0.2) is 18.3 Å². The van der Waals surface area contributed by atoms with Crippen LogP contribution in [-0.2, 0) is 15.0 Å². The quantitative estimate of drug-likeness (QED) is 0.742. The van der Waals surface area contributed by atoms with Crippen molar-refractivity contribution in [3.63, 3.8) is 0 Å². The summed E-state index contributed by atoms with van der Waals surface area (Å²) in [5.74, 6) is -0.638. The lowest BCUT2D eigenvalue weighted by atomic mass is 9.76. The average Bonchev–Trinajstić information content (AvgIpc) is 2.34. The number of hydrogen-bond acceptors (Lipinski definition) is 5. The van der Waals surface area contributed by atoms with Crippen molar-refractivity contribution < 1.29 is 19.1 Å². The van der Waals surface area contributed by atoms with E-state index in [0.29, 0.717) is 12.0 Å². The molecule has 1 aliphatic heterocycles. The summed E-state index contributed by atoms with van der Waals surface area (Å²) < 4.78 is 4.68. The predicted octanol–water partition coefficient (Wildman–Crippen LogP) is 0.233. The van der Waals surface area contributed by atoms with Gasteiger partial charge in [-0.05, 0) is 25.0 Å². The smallest absolute Gasteiger partial charge is 0.391 e. The molecule has 7 heteroatoms.